The van der Waals surface area contributed by atoms with Gasteiger partial charge in [-0.1, -0.05) is 6.92 Å². The van der Waals surface area contributed by atoms with E-state index in [1.807, 2.05) is 6.92 Å². The highest BCUT2D eigenvalue weighted by Crippen LogP contribution is 2.01. The molecule has 0 fully saturated rings. The number of thiol groups is 1. The summed E-state index contributed by atoms with van der Waals surface area (Å²) in [6, 6.07) is 0. The van der Waals surface area contributed by atoms with Crippen LogP contribution in [0.3, 0.4) is 0 Å². The van der Waals surface area contributed by atoms with Crippen molar-refractivity contribution in [3.63, 3.8) is 0 Å². The Balaban J connectivity index is 3.49. The molecule has 5 heteroatoms. The summed E-state index contributed by atoms with van der Waals surface area (Å²) < 4.78 is 4.53. The number of nitrogens with one attached hydrogen (secondary N) is 1. The predicted molar refractivity (Wildman–Crippen MR) is 38.3 cm³/mol. The van der Waals surface area contributed by atoms with Gasteiger partial charge >= 0.3 is 6.09 Å². The zero-order valence-corrected chi connectivity index (χ0v) is 6.39. The van der Waals surface area contributed by atoms with E-state index < -0.39 is 11.5 Å². The highest BCUT2D eigenvalue weighted by molar-refractivity contribution is 7.80. The number of carbonyl (C=O) groups excluding carboxylic acids is 1. The molecule has 0 saturated heterocycles. The van der Waals surface area contributed by atoms with Gasteiger partial charge in [-0.3, -0.25) is 0 Å². The Hall–Kier alpha value is -0.890. The van der Waals surface area contributed by atoms with Gasteiger partial charge in [-0.05, 0) is 6.42 Å². The standard InChI is InChI=1S/C5H8N2O2S/c1-2-4(10)9-5(8)7-3-6/h4,10H,2H2,1H3,(H,7,8). The van der Waals surface area contributed by atoms with E-state index in [2.05, 4.69) is 17.4 Å². The van der Waals surface area contributed by atoms with E-state index in [4.69, 9.17) is 5.26 Å². The number of nitrogens with zero attached hydrogens (tertiary/aromatic N) is 1. The number of ether oxygens (including phenoxy) is 1. The summed E-state index contributed by atoms with van der Waals surface area (Å²) in [5, 5.41) is 9.74. The highest BCUT2D eigenvalue weighted by Gasteiger charge is 2.05. The van der Waals surface area contributed by atoms with Crippen molar-refractivity contribution in [3.8, 4) is 6.19 Å². The summed E-state index contributed by atoms with van der Waals surface area (Å²) in [6.45, 7) is 1.82. The van der Waals surface area contributed by atoms with Crippen LogP contribution in [0, 0.1) is 11.5 Å². The Morgan fingerprint density at radius 2 is 2.60 bits per heavy atom. The van der Waals surface area contributed by atoms with Gasteiger partial charge in [-0.15, -0.1) is 12.6 Å². The predicted octanol–water partition coefficient (Wildman–Crippen LogP) is 0.860. The van der Waals surface area contributed by atoms with Crippen LogP contribution in [0.4, 0.5) is 4.79 Å². The molecule has 0 aromatic heterocycles. The number of alkyl carbamates (subject to hydrolysis) is 1. The lowest BCUT2D eigenvalue weighted by molar-refractivity contribution is 0.139. The Morgan fingerprint density at radius 1 is 2.00 bits per heavy atom. The van der Waals surface area contributed by atoms with Crippen molar-refractivity contribution in [2.24, 2.45) is 0 Å². The zero-order chi connectivity index (χ0) is 7.98. The van der Waals surface area contributed by atoms with Gasteiger partial charge in [0.1, 0.15) is 5.44 Å². The third-order valence-corrected chi connectivity index (χ3v) is 1.22. The maximum Gasteiger partial charge on any atom is 0.421 e. The molecule has 0 rings (SSSR count). The Bertz CT molecular complexity index is 154. The maximum absolute atomic E-state index is 10.4. The number of nitriles is 1. The second-order valence-corrected chi connectivity index (χ2v) is 2.08. The average Bonchev–Trinajstić information content (AvgIpc) is 1.88. The van der Waals surface area contributed by atoms with Gasteiger partial charge in [-0.2, -0.15) is 5.26 Å². The van der Waals surface area contributed by atoms with E-state index in [-0.39, 0.29) is 0 Å². The van der Waals surface area contributed by atoms with Crippen LogP contribution in [-0.2, 0) is 4.74 Å². The topological polar surface area (TPSA) is 62.1 Å². The van der Waals surface area contributed by atoms with Crippen molar-refractivity contribution in [1.29, 1.82) is 5.26 Å². The van der Waals surface area contributed by atoms with Crippen molar-refractivity contribution in [3.05, 3.63) is 0 Å². The molecule has 0 spiro atoms. The molecule has 0 saturated carbocycles. The van der Waals surface area contributed by atoms with Crippen molar-refractivity contribution in [2.75, 3.05) is 0 Å². The van der Waals surface area contributed by atoms with Crippen LogP contribution >= 0.6 is 12.6 Å². The van der Waals surface area contributed by atoms with E-state index in [1.165, 1.54) is 6.19 Å². The van der Waals surface area contributed by atoms with Crippen LogP contribution in [0.2, 0.25) is 0 Å². The van der Waals surface area contributed by atoms with Crippen LogP contribution in [0.15, 0.2) is 0 Å². The van der Waals surface area contributed by atoms with E-state index >= 15 is 0 Å². The van der Waals surface area contributed by atoms with E-state index in [9.17, 15) is 4.79 Å². The molecule has 0 aliphatic rings. The molecular formula is C5H8N2O2S. The number of amides is 1. The fraction of sp³-hybridized carbons (Fsp3) is 0.600. The number of rotatable bonds is 2. The number of hydrogen-bond donors (Lipinski definition) is 2. The van der Waals surface area contributed by atoms with E-state index in [0.717, 1.165) is 0 Å². The maximum atomic E-state index is 10.4. The highest BCUT2D eigenvalue weighted by atomic mass is 32.1. The first-order chi connectivity index (χ1) is 4.70. The molecule has 0 heterocycles. The smallest absolute Gasteiger partial charge is 0.421 e. The molecule has 0 radical (unpaired) electrons. The average molecular weight is 160 g/mol. The van der Waals surface area contributed by atoms with Crippen LogP contribution in [0.1, 0.15) is 13.3 Å². The van der Waals surface area contributed by atoms with Crippen LogP contribution in [0.25, 0.3) is 0 Å². The second kappa shape index (κ2) is 4.94. The van der Waals surface area contributed by atoms with Gasteiger partial charge in [0.05, 0.1) is 0 Å². The molecule has 56 valence electrons. The fourth-order valence-electron chi connectivity index (χ4n) is 0.282. The molecular weight excluding hydrogens is 152 g/mol. The van der Waals surface area contributed by atoms with Crippen molar-refractivity contribution in [1.82, 2.24) is 5.32 Å². The van der Waals surface area contributed by atoms with Gasteiger partial charge in [0, 0.05) is 0 Å². The molecule has 0 aliphatic carbocycles. The Morgan fingerprint density at radius 3 is 3.00 bits per heavy atom. The Labute approximate surface area is 64.6 Å². The van der Waals surface area contributed by atoms with Crippen molar-refractivity contribution < 1.29 is 9.53 Å². The lowest BCUT2D eigenvalue weighted by Crippen LogP contribution is -2.22. The molecule has 1 atom stereocenters. The van der Waals surface area contributed by atoms with Crippen molar-refractivity contribution in [2.45, 2.75) is 18.8 Å². The summed E-state index contributed by atoms with van der Waals surface area (Å²) in [5.41, 5.74) is -0.437. The number of hydrogen-bond acceptors (Lipinski definition) is 4. The SMILES string of the molecule is CCC(S)OC(=O)NC#N. The van der Waals surface area contributed by atoms with E-state index in [0.29, 0.717) is 6.42 Å². The third kappa shape index (κ3) is 4.04. The summed E-state index contributed by atoms with van der Waals surface area (Å²) in [4.78, 5) is 10.4. The summed E-state index contributed by atoms with van der Waals surface area (Å²) >= 11 is 3.87. The lowest BCUT2D eigenvalue weighted by Gasteiger charge is -2.06. The van der Waals surface area contributed by atoms with Crippen LogP contribution in [0.5, 0.6) is 0 Å². The van der Waals surface area contributed by atoms with Gasteiger partial charge in [0.15, 0.2) is 6.19 Å². The Kier molecular flexibility index (Phi) is 4.50. The minimum Gasteiger partial charge on any atom is -0.435 e. The normalized spacial score (nSPS) is 11.3. The van der Waals surface area contributed by atoms with Crippen LogP contribution in [-0.4, -0.2) is 11.5 Å². The van der Waals surface area contributed by atoms with Gasteiger partial charge in [0.25, 0.3) is 0 Å². The summed E-state index contributed by atoms with van der Waals surface area (Å²) in [5.74, 6) is 0. The van der Waals surface area contributed by atoms with Crippen molar-refractivity contribution >= 4 is 18.7 Å². The van der Waals surface area contributed by atoms with Crippen LogP contribution < -0.4 is 5.32 Å². The first-order valence-electron chi connectivity index (χ1n) is 2.74. The molecule has 4 nitrogen and oxygen atoms in total. The minimum atomic E-state index is -0.760. The lowest BCUT2D eigenvalue weighted by atomic mass is 10.5. The van der Waals surface area contributed by atoms with Gasteiger partial charge < -0.3 is 4.74 Å². The zero-order valence-electron chi connectivity index (χ0n) is 5.50. The van der Waals surface area contributed by atoms with Gasteiger partial charge in [0.2, 0.25) is 0 Å². The molecule has 0 aliphatic heterocycles. The quantitative estimate of drug-likeness (QED) is 0.272. The van der Waals surface area contributed by atoms with E-state index in [1.54, 1.807) is 5.32 Å². The second-order valence-electron chi connectivity index (χ2n) is 1.51. The fourth-order valence-corrected chi connectivity index (χ4v) is 0.378. The molecule has 1 amide bonds. The molecule has 0 bridgehead atoms. The monoisotopic (exact) mass is 160 g/mol. The minimum absolute atomic E-state index is 0.437. The summed E-state index contributed by atoms with van der Waals surface area (Å²) in [7, 11) is 0. The molecule has 10 heavy (non-hydrogen) atoms. The first kappa shape index (κ1) is 9.11. The largest absolute Gasteiger partial charge is 0.435 e. The molecule has 0 aromatic carbocycles. The number of carbonyl (C=O) groups is 1. The molecule has 1 unspecified atom stereocenters. The molecule has 0 aromatic rings. The third-order valence-electron chi connectivity index (χ3n) is 0.750. The first-order valence-corrected chi connectivity index (χ1v) is 3.26. The summed E-state index contributed by atoms with van der Waals surface area (Å²) in [6.07, 6.45) is 1.29. The molecule has 1 N–H and O–H groups in total. The van der Waals surface area contributed by atoms with Gasteiger partial charge in [-0.25, -0.2) is 10.1 Å².